The van der Waals surface area contributed by atoms with Crippen molar-refractivity contribution >= 4 is 46.4 Å². The van der Waals surface area contributed by atoms with E-state index in [1.165, 1.54) is 10.2 Å². The van der Waals surface area contributed by atoms with Crippen LogP contribution in [0.5, 0.6) is 0 Å². The molecule has 7 heteroatoms. The minimum absolute atomic E-state index is 0.280. The first-order valence-electron chi connectivity index (χ1n) is 5.90. The lowest BCUT2D eigenvalue weighted by Crippen LogP contribution is -2.60. The van der Waals surface area contributed by atoms with Gasteiger partial charge in [0.15, 0.2) is 16.6 Å². The van der Waals surface area contributed by atoms with E-state index in [0.717, 1.165) is 0 Å². The maximum Gasteiger partial charge on any atom is 0.174 e. The van der Waals surface area contributed by atoms with Gasteiger partial charge in [-0.3, -0.25) is 0 Å². The highest BCUT2D eigenvalue weighted by Crippen LogP contribution is 2.43. The van der Waals surface area contributed by atoms with Crippen LogP contribution in [0.1, 0.15) is 6.92 Å². The van der Waals surface area contributed by atoms with Crippen molar-refractivity contribution in [3.63, 3.8) is 0 Å². The van der Waals surface area contributed by atoms with Crippen molar-refractivity contribution in [3.05, 3.63) is 0 Å². The van der Waals surface area contributed by atoms with Crippen LogP contribution in [0.3, 0.4) is 0 Å². The fourth-order valence-electron chi connectivity index (χ4n) is 1.81. The molecule has 0 fully saturated rings. The Hall–Kier alpha value is 1.00. The van der Waals surface area contributed by atoms with Crippen LogP contribution in [-0.4, -0.2) is 46.4 Å². The summed E-state index contributed by atoms with van der Waals surface area (Å²) in [5.41, 5.74) is 0. The molecular weight excluding hydrogens is 269 g/mol. The summed E-state index contributed by atoms with van der Waals surface area (Å²) in [5.74, 6) is 0. The molecule has 0 aromatic carbocycles. The van der Waals surface area contributed by atoms with Crippen molar-refractivity contribution in [1.29, 1.82) is 0 Å². The molecule has 0 heterocycles. The first kappa shape index (κ1) is 16.0. The van der Waals surface area contributed by atoms with E-state index in [4.69, 9.17) is 8.23 Å². The van der Waals surface area contributed by atoms with E-state index in [1.54, 1.807) is 0 Å². The van der Waals surface area contributed by atoms with Gasteiger partial charge in [-0.2, -0.15) is 0 Å². The minimum Gasteiger partial charge on any atom is -0.461 e. The molecule has 15 heavy (non-hydrogen) atoms. The summed E-state index contributed by atoms with van der Waals surface area (Å²) >= 11 is 0. The summed E-state index contributed by atoms with van der Waals surface area (Å²) in [6.07, 6.45) is 0. The normalized spacial score (nSPS) is 19.4. The van der Waals surface area contributed by atoms with E-state index in [9.17, 15) is 0 Å². The van der Waals surface area contributed by atoms with E-state index in [-0.39, 0.29) is 19.5 Å². The lowest BCUT2D eigenvalue weighted by atomic mass is 10.9. The molecule has 0 spiro atoms. The van der Waals surface area contributed by atoms with Crippen molar-refractivity contribution < 1.29 is 8.23 Å². The maximum absolute atomic E-state index is 6.21. The fraction of sp³-hybridized carbons (Fsp3) is 1.00. The second kappa shape index (κ2) is 5.56. The molecule has 0 aromatic rings. The predicted molar refractivity (Wildman–Crippen MR) is 84.3 cm³/mol. The Balaban J connectivity index is 4.93. The Bertz CT molecular complexity index is 185. The van der Waals surface area contributed by atoms with Gasteiger partial charge in [-0.1, -0.05) is 20.0 Å². The highest BCUT2D eigenvalue weighted by atomic mass is 28.5. The summed E-state index contributed by atoms with van der Waals surface area (Å²) in [7, 11) is -2.39. The molecule has 0 aliphatic rings. The second-order valence-electron chi connectivity index (χ2n) is 5.51. The van der Waals surface area contributed by atoms with Crippen LogP contribution in [-0.2, 0) is 8.23 Å². The molecule has 2 nitrogen and oxygen atoms in total. The minimum atomic E-state index is -1.52. The quantitative estimate of drug-likeness (QED) is 0.657. The van der Waals surface area contributed by atoms with Gasteiger partial charge in [-0.15, -0.1) is 0 Å². The zero-order valence-electron chi connectivity index (χ0n) is 11.7. The largest absolute Gasteiger partial charge is 0.461 e. The molecule has 92 valence electrons. The van der Waals surface area contributed by atoms with Crippen LogP contribution in [0.15, 0.2) is 0 Å². The average molecular weight is 297 g/mol. The van der Waals surface area contributed by atoms with Crippen LogP contribution in [0.4, 0.5) is 0 Å². The summed E-state index contributed by atoms with van der Waals surface area (Å²) in [5, 5.41) is 0. The third kappa shape index (κ3) is 3.48. The van der Waals surface area contributed by atoms with Crippen LogP contribution in [0, 0.1) is 0 Å². The molecular formula is C8H28O2Si5. The summed E-state index contributed by atoms with van der Waals surface area (Å²) in [6, 6.07) is 0. The van der Waals surface area contributed by atoms with Crippen molar-refractivity contribution in [3.8, 4) is 0 Å². The van der Waals surface area contributed by atoms with Gasteiger partial charge < -0.3 is 8.23 Å². The first-order chi connectivity index (χ1) is 6.62. The van der Waals surface area contributed by atoms with Gasteiger partial charge in [0.2, 0.25) is 0 Å². The molecule has 0 amide bonds. The first-order valence-corrected chi connectivity index (χ1v) is 16.7. The number of hydrogen-bond donors (Lipinski definition) is 0. The molecule has 0 saturated heterocycles. The van der Waals surface area contributed by atoms with Crippen LogP contribution >= 0.6 is 0 Å². The Morgan fingerprint density at radius 1 is 0.933 bits per heavy atom. The second-order valence-corrected chi connectivity index (χ2v) is 22.0. The Kier molecular flexibility index (Phi) is 5.93. The van der Waals surface area contributed by atoms with Gasteiger partial charge in [-0.05, 0) is 30.5 Å². The fourth-order valence-corrected chi connectivity index (χ4v) is 20.2. The molecule has 0 aliphatic heterocycles. The Labute approximate surface area is 105 Å². The molecule has 0 aromatic heterocycles. The van der Waals surface area contributed by atoms with Gasteiger partial charge in [0.05, 0.1) is 0 Å². The molecule has 0 radical (unpaired) electrons. The molecule has 0 saturated carbocycles. The van der Waals surface area contributed by atoms with Crippen molar-refractivity contribution in [2.24, 2.45) is 0 Å². The maximum atomic E-state index is 6.21. The predicted octanol–water partition coefficient (Wildman–Crippen LogP) is 0.316. The Morgan fingerprint density at radius 2 is 1.20 bits per heavy atom. The highest BCUT2D eigenvalue weighted by molar-refractivity contribution is 7.03. The van der Waals surface area contributed by atoms with E-state index in [0.29, 0.717) is 4.28 Å². The van der Waals surface area contributed by atoms with Crippen LogP contribution in [0.2, 0.25) is 43.6 Å². The molecule has 0 rings (SSSR count). The van der Waals surface area contributed by atoms with Crippen LogP contribution < -0.4 is 0 Å². The summed E-state index contributed by atoms with van der Waals surface area (Å²) < 4.78 is 12.9. The van der Waals surface area contributed by atoms with Gasteiger partial charge >= 0.3 is 0 Å². The monoisotopic (exact) mass is 296 g/mol. The van der Waals surface area contributed by atoms with E-state index in [1.807, 2.05) is 0 Å². The van der Waals surface area contributed by atoms with Gasteiger partial charge in [-0.25, -0.2) is 0 Å². The van der Waals surface area contributed by atoms with Crippen molar-refractivity contribution in [2.45, 2.75) is 50.5 Å². The zero-order valence-corrected chi connectivity index (χ0v) is 18.6. The third-order valence-electron chi connectivity index (χ3n) is 4.02. The lowest BCUT2D eigenvalue weighted by Gasteiger charge is -2.48. The lowest BCUT2D eigenvalue weighted by molar-refractivity contribution is 0.535. The van der Waals surface area contributed by atoms with Gasteiger partial charge in [0.25, 0.3) is 0 Å². The van der Waals surface area contributed by atoms with E-state index >= 15 is 0 Å². The smallest absolute Gasteiger partial charge is 0.174 e. The van der Waals surface area contributed by atoms with E-state index < -0.39 is 16.6 Å². The molecule has 0 N–H and O–H groups in total. The third-order valence-corrected chi connectivity index (χ3v) is 29.0. The molecule has 0 atom stereocenters. The SMILES string of the molecule is C[SiH2]O[Si](C)(C)C(C)([SiH3])[Si](C)(C)O[SiH2]C. The molecule has 0 unspecified atom stereocenters. The zero-order chi connectivity index (χ0) is 12.3. The standard InChI is InChI=1S/C8H28O2Si5/c1-8(11,14(4,5)9-12-2)15(6,7)10-13-3/h12-13H2,1-7,11H3. The van der Waals surface area contributed by atoms with Gasteiger partial charge in [0, 0.05) is 10.2 Å². The summed E-state index contributed by atoms with van der Waals surface area (Å²) in [6.45, 7) is 16.5. The molecule has 0 aliphatic carbocycles. The summed E-state index contributed by atoms with van der Waals surface area (Å²) in [4.78, 5) is 0. The van der Waals surface area contributed by atoms with Crippen molar-refractivity contribution in [1.82, 2.24) is 0 Å². The number of rotatable bonds is 6. The molecule has 0 bridgehead atoms. The number of hydrogen-bond acceptors (Lipinski definition) is 2. The van der Waals surface area contributed by atoms with Crippen molar-refractivity contribution in [2.75, 3.05) is 0 Å². The highest BCUT2D eigenvalue weighted by Gasteiger charge is 2.52. The van der Waals surface area contributed by atoms with Gasteiger partial charge in [0.1, 0.15) is 19.5 Å². The Morgan fingerprint density at radius 3 is 1.40 bits per heavy atom. The van der Waals surface area contributed by atoms with E-state index in [2.05, 4.69) is 46.2 Å². The topological polar surface area (TPSA) is 18.5 Å². The average Bonchev–Trinajstić information content (AvgIpc) is 2.03. The van der Waals surface area contributed by atoms with Crippen LogP contribution in [0.25, 0.3) is 0 Å².